The van der Waals surface area contributed by atoms with Crippen LogP contribution >= 0.6 is 0 Å². The Morgan fingerprint density at radius 1 is 1.30 bits per heavy atom. The van der Waals surface area contributed by atoms with Crippen LogP contribution in [0.25, 0.3) is 0 Å². The highest BCUT2D eigenvalue weighted by molar-refractivity contribution is 5.90. The molecule has 0 aliphatic heterocycles. The number of aromatic amines is 1. The number of carbonyl (C=O) groups is 1. The van der Waals surface area contributed by atoms with Crippen molar-refractivity contribution in [2.24, 2.45) is 5.41 Å². The van der Waals surface area contributed by atoms with Gasteiger partial charge in [-0.1, -0.05) is 36.8 Å². The maximum Gasteiger partial charge on any atom is 0.287 e. The Labute approximate surface area is 135 Å². The van der Waals surface area contributed by atoms with Crippen LogP contribution in [0.3, 0.4) is 0 Å². The monoisotopic (exact) mass is 311 g/mol. The molecule has 3 rings (SSSR count). The van der Waals surface area contributed by atoms with Gasteiger partial charge in [-0.3, -0.25) is 9.59 Å². The molecule has 0 unspecified atom stereocenters. The number of H-pyrrole nitrogens is 1. The first-order valence-corrected chi connectivity index (χ1v) is 7.96. The van der Waals surface area contributed by atoms with Gasteiger partial charge in [0.05, 0.1) is 0 Å². The van der Waals surface area contributed by atoms with E-state index in [9.17, 15) is 9.59 Å². The lowest BCUT2D eigenvalue weighted by Crippen LogP contribution is -2.44. The Morgan fingerprint density at radius 3 is 2.65 bits per heavy atom. The summed E-state index contributed by atoms with van der Waals surface area (Å²) in [7, 11) is 0. The Morgan fingerprint density at radius 2 is 2.04 bits per heavy atom. The van der Waals surface area contributed by atoms with E-state index in [1.54, 1.807) is 6.92 Å². The Bertz CT molecular complexity index is 748. The summed E-state index contributed by atoms with van der Waals surface area (Å²) in [6.07, 6.45) is 5.81. The lowest BCUT2D eigenvalue weighted by molar-refractivity contribution is 0.0849. The summed E-state index contributed by atoms with van der Waals surface area (Å²) >= 11 is 0. The molecule has 1 aromatic carbocycles. The molecule has 23 heavy (non-hydrogen) atoms. The highest BCUT2D eigenvalue weighted by Crippen LogP contribution is 2.43. The van der Waals surface area contributed by atoms with Crippen LogP contribution in [0.15, 0.2) is 41.3 Å². The number of carbonyl (C=O) groups excluding carboxylic acids is 1. The van der Waals surface area contributed by atoms with Gasteiger partial charge in [0.15, 0.2) is 5.82 Å². The normalized spacial score (nSPS) is 15.7. The van der Waals surface area contributed by atoms with Crippen molar-refractivity contribution < 1.29 is 4.79 Å². The molecule has 5 heteroatoms. The van der Waals surface area contributed by atoms with Crippen LogP contribution in [0.2, 0.25) is 0 Å². The van der Waals surface area contributed by atoms with Crippen LogP contribution in [-0.4, -0.2) is 22.4 Å². The van der Waals surface area contributed by atoms with Gasteiger partial charge in [0.25, 0.3) is 11.5 Å². The first-order chi connectivity index (χ1) is 11.1. The molecule has 120 valence electrons. The fourth-order valence-corrected chi connectivity index (χ4v) is 3.05. The SMILES string of the molecule is Cc1cnc(C(=O)NCC2(Cc3ccccc3)CCC2)[nH]c1=O. The van der Waals surface area contributed by atoms with Crippen LogP contribution in [0.1, 0.15) is 41.0 Å². The minimum atomic E-state index is -0.318. The van der Waals surface area contributed by atoms with Gasteiger partial charge in [0.2, 0.25) is 0 Å². The molecule has 1 aliphatic rings. The van der Waals surface area contributed by atoms with Gasteiger partial charge in [-0.15, -0.1) is 0 Å². The summed E-state index contributed by atoms with van der Waals surface area (Å²) < 4.78 is 0. The second kappa shape index (κ2) is 6.36. The summed E-state index contributed by atoms with van der Waals surface area (Å²) in [5, 5.41) is 2.94. The van der Waals surface area contributed by atoms with Gasteiger partial charge in [0.1, 0.15) is 0 Å². The molecule has 1 fully saturated rings. The summed E-state index contributed by atoms with van der Waals surface area (Å²) in [4.78, 5) is 30.3. The molecule has 0 bridgehead atoms. The maximum absolute atomic E-state index is 12.2. The Hall–Kier alpha value is -2.43. The van der Waals surface area contributed by atoms with Crippen LogP contribution in [0.5, 0.6) is 0 Å². The molecule has 2 N–H and O–H groups in total. The zero-order chi connectivity index (χ0) is 16.3. The molecule has 0 atom stereocenters. The molecular weight excluding hydrogens is 290 g/mol. The smallest absolute Gasteiger partial charge is 0.287 e. The van der Waals surface area contributed by atoms with E-state index in [1.165, 1.54) is 18.2 Å². The molecule has 1 amide bonds. The van der Waals surface area contributed by atoms with Crippen LogP contribution in [0.4, 0.5) is 0 Å². The summed E-state index contributed by atoms with van der Waals surface area (Å²) in [6, 6.07) is 10.3. The number of aryl methyl sites for hydroxylation is 1. The van der Waals surface area contributed by atoms with Crippen molar-refractivity contribution in [2.75, 3.05) is 6.54 Å². The minimum absolute atomic E-state index is 0.0785. The fourth-order valence-electron chi connectivity index (χ4n) is 3.05. The predicted molar refractivity (Wildman–Crippen MR) is 88.4 cm³/mol. The summed E-state index contributed by atoms with van der Waals surface area (Å²) in [5.74, 6) is -0.240. The number of nitrogens with zero attached hydrogens (tertiary/aromatic N) is 1. The van der Waals surface area contributed by atoms with Gasteiger partial charge in [0, 0.05) is 18.3 Å². The second-order valence-electron chi connectivity index (χ2n) is 6.44. The number of rotatable bonds is 5. The van der Waals surface area contributed by atoms with E-state index in [4.69, 9.17) is 0 Å². The molecule has 1 aromatic heterocycles. The third-order valence-corrected chi connectivity index (χ3v) is 4.65. The van der Waals surface area contributed by atoms with Crippen LogP contribution in [0, 0.1) is 12.3 Å². The third kappa shape index (κ3) is 3.50. The van der Waals surface area contributed by atoms with Gasteiger partial charge in [-0.25, -0.2) is 4.98 Å². The molecule has 5 nitrogen and oxygen atoms in total. The van der Waals surface area contributed by atoms with Gasteiger partial charge < -0.3 is 10.3 Å². The maximum atomic E-state index is 12.2. The highest BCUT2D eigenvalue weighted by atomic mass is 16.2. The third-order valence-electron chi connectivity index (χ3n) is 4.65. The largest absolute Gasteiger partial charge is 0.349 e. The molecule has 2 aromatic rings. The highest BCUT2D eigenvalue weighted by Gasteiger charge is 2.37. The predicted octanol–water partition coefficient (Wildman–Crippen LogP) is 2.22. The van der Waals surface area contributed by atoms with E-state index in [-0.39, 0.29) is 22.7 Å². The number of aromatic nitrogens is 2. The van der Waals surface area contributed by atoms with Crippen molar-refractivity contribution in [2.45, 2.75) is 32.6 Å². The number of hydrogen-bond donors (Lipinski definition) is 2. The number of amides is 1. The summed E-state index contributed by atoms with van der Waals surface area (Å²) in [5.41, 5.74) is 1.65. The second-order valence-corrected chi connectivity index (χ2v) is 6.44. The van der Waals surface area contributed by atoms with Crippen molar-refractivity contribution in [1.29, 1.82) is 0 Å². The lowest BCUT2D eigenvalue weighted by Gasteiger charge is -2.42. The van der Waals surface area contributed by atoms with E-state index in [1.807, 2.05) is 18.2 Å². The molecule has 0 spiro atoms. The lowest BCUT2D eigenvalue weighted by atomic mass is 9.65. The molecule has 0 radical (unpaired) electrons. The van der Waals surface area contributed by atoms with Gasteiger partial charge in [-0.05, 0) is 37.2 Å². The van der Waals surface area contributed by atoms with E-state index in [0.717, 1.165) is 19.3 Å². The van der Waals surface area contributed by atoms with E-state index in [0.29, 0.717) is 12.1 Å². The summed E-state index contributed by atoms with van der Waals surface area (Å²) in [6.45, 7) is 2.27. The Balaban J connectivity index is 1.64. The number of nitrogens with one attached hydrogen (secondary N) is 2. The Kier molecular flexibility index (Phi) is 4.28. The number of benzene rings is 1. The van der Waals surface area contributed by atoms with Crippen molar-refractivity contribution in [3.8, 4) is 0 Å². The molecular formula is C18H21N3O2. The van der Waals surface area contributed by atoms with Crippen LogP contribution < -0.4 is 10.9 Å². The van der Waals surface area contributed by atoms with Crippen molar-refractivity contribution in [3.63, 3.8) is 0 Å². The van der Waals surface area contributed by atoms with Gasteiger partial charge in [-0.2, -0.15) is 0 Å². The van der Waals surface area contributed by atoms with E-state index < -0.39 is 0 Å². The van der Waals surface area contributed by atoms with Crippen molar-refractivity contribution in [3.05, 3.63) is 63.8 Å². The topological polar surface area (TPSA) is 74.8 Å². The molecule has 1 saturated carbocycles. The minimum Gasteiger partial charge on any atom is -0.349 e. The quantitative estimate of drug-likeness (QED) is 0.889. The fraction of sp³-hybridized carbons (Fsp3) is 0.389. The van der Waals surface area contributed by atoms with Gasteiger partial charge >= 0.3 is 0 Å². The zero-order valence-corrected chi connectivity index (χ0v) is 13.3. The molecule has 0 saturated heterocycles. The zero-order valence-electron chi connectivity index (χ0n) is 13.3. The first-order valence-electron chi connectivity index (χ1n) is 7.96. The van der Waals surface area contributed by atoms with Crippen molar-refractivity contribution >= 4 is 5.91 Å². The molecule has 1 aliphatic carbocycles. The first kappa shape index (κ1) is 15.5. The molecule has 1 heterocycles. The van der Waals surface area contributed by atoms with E-state index in [2.05, 4.69) is 27.4 Å². The average molecular weight is 311 g/mol. The average Bonchev–Trinajstić information content (AvgIpc) is 2.53. The van der Waals surface area contributed by atoms with Crippen molar-refractivity contribution in [1.82, 2.24) is 15.3 Å². The standard InChI is InChI=1S/C18H21N3O2/c1-13-11-19-15(21-16(13)22)17(23)20-12-18(8-5-9-18)10-14-6-3-2-4-7-14/h2-4,6-7,11H,5,8-10,12H2,1H3,(H,20,23)(H,19,21,22). The number of hydrogen-bond acceptors (Lipinski definition) is 3. The van der Waals surface area contributed by atoms with Crippen LogP contribution in [-0.2, 0) is 6.42 Å². The van der Waals surface area contributed by atoms with E-state index >= 15 is 0 Å².